The Hall–Kier alpha value is -1.69. The first kappa shape index (κ1) is 10.5. The summed E-state index contributed by atoms with van der Waals surface area (Å²) in [5.41, 5.74) is 6.16. The summed E-state index contributed by atoms with van der Waals surface area (Å²) >= 11 is 0. The summed E-state index contributed by atoms with van der Waals surface area (Å²) in [7, 11) is 0. The number of anilines is 1. The van der Waals surface area contributed by atoms with E-state index in [2.05, 4.69) is 14.9 Å². The predicted octanol–water partition coefficient (Wildman–Crippen LogP) is 0.128. The molecule has 1 aromatic heterocycles. The smallest absolute Gasteiger partial charge is 0.143 e. The van der Waals surface area contributed by atoms with Crippen LogP contribution in [-0.2, 0) is 4.74 Å². The van der Waals surface area contributed by atoms with Crippen molar-refractivity contribution in [3.05, 3.63) is 18.1 Å². The molecule has 17 heavy (non-hydrogen) atoms. The standard InChI is InChI=1S/C11H15N5O/c12-10(13)9-3-14-6-15-11(9)16-4-7-1-2-8(5-16)17-7/h3,6-8H,1-2,4-5H2,(H3,12,13). The van der Waals surface area contributed by atoms with Gasteiger partial charge in [-0.25, -0.2) is 9.97 Å². The highest BCUT2D eigenvalue weighted by atomic mass is 16.5. The Morgan fingerprint density at radius 2 is 2.12 bits per heavy atom. The first-order valence-electron chi connectivity index (χ1n) is 5.79. The Labute approximate surface area is 99.3 Å². The van der Waals surface area contributed by atoms with Crippen molar-refractivity contribution in [2.45, 2.75) is 25.0 Å². The Balaban J connectivity index is 1.91. The molecule has 3 N–H and O–H groups in total. The second-order valence-electron chi connectivity index (χ2n) is 4.54. The Morgan fingerprint density at radius 1 is 1.41 bits per heavy atom. The van der Waals surface area contributed by atoms with Crippen LogP contribution in [0.4, 0.5) is 5.82 Å². The minimum absolute atomic E-state index is 0.0134. The average molecular weight is 233 g/mol. The molecule has 0 amide bonds. The molecule has 6 heteroatoms. The average Bonchev–Trinajstić information content (AvgIpc) is 2.68. The minimum Gasteiger partial charge on any atom is -0.384 e. The number of nitrogens with two attached hydrogens (primary N) is 1. The van der Waals surface area contributed by atoms with Crippen LogP contribution < -0.4 is 10.6 Å². The molecule has 0 aliphatic carbocycles. The van der Waals surface area contributed by atoms with Gasteiger partial charge in [0.05, 0.1) is 17.8 Å². The van der Waals surface area contributed by atoms with E-state index in [1.807, 2.05) is 0 Å². The van der Waals surface area contributed by atoms with Gasteiger partial charge in [0, 0.05) is 19.3 Å². The summed E-state index contributed by atoms with van der Waals surface area (Å²) in [5, 5.41) is 7.55. The molecule has 2 unspecified atom stereocenters. The van der Waals surface area contributed by atoms with Crippen LogP contribution in [-0.4, -0.2) is 41.1 Å². The van der Waals surface area contributed by atoms with Crippen molar-refractivity contribution in [2.24, 2.45) is 5.73 Å². The summed E-state index contributed by atoms with van der Waals surface area (Å²) in [6.07, 6.45) is 5.91. The fourth-order valence-electron chi connectivity index (χ4n) is 2.55. The van der Waals surface area contributed by atoms with Crippen molar-refractivity contribution in [1.29, 1.82) is 5.41 Å². The summed E-state index contributed by atoms with van der Waals surface area (Å²) in [6, 6.07) is 0. The van der Waals surface area contributed by atoms with Crippen LogP contribution in [0.1, 0.15) is 18.4 Å². The fourth-order valence-corrected chi connectivity index (χ4v) is 2.55. The first-order valence-corrected chi connectivity index (χ1v) is 5.79. The van der Waals surface area contributed by atoms with Crippen molar-refractivity contribution in [2.75, 3.05) is 18.0 Å². The van der Waals surface area contributed by atoms with Crippen molar-refractivity contribution >= 4 is 11.7 Å². The van der Waals surface area contributed by atoms with Gasteiger partial charge in [0.25, 0.3) is 0 Å². The van der Waals surface area contributed by atoms with Crippen LogP contribution in [0, 0.1) is 5.41 Å². The number of hydrogen-bond acceptors (Lipinski definition) is 5. The maximum atomic E-state index is 7.55. The van der Waals surface area contributed by atoms with Crippen LogP contribution in [0.3, 0.4) is 0 Å². The lowest BCUT2D eigenvalue weighted by Gasteiger charge is -2.33. The van der Waals surface area contributed by atoms with E-state index in [1.54, 1.807) is 6.20 Å². The third-order valence-corrected chi connectivity index (χ3v) is 3.32. The van der Waals surface area contributed by atoms with E-state index in [-0.39, 0.29) is 5.84 Å². The molecule has 0 radical (unpaired) electrons. The zero-order valence-electron chi connectivity index (χ0n) is 9.47. The van der Waals surface area contributed by atoms with Gasteiger partial charge in [0.2, 0.25) is 0 Å². The van der Waals surface area contributed by atoms with Crippen LogP contribution in [0.15, 0.2) is 12.5 Å². The molecule has 2 fully saturated rings. The maximum absolute atomic E-state index is 7.55. The van der Waals surface area contributed by atoms with Crippen LogP contribution in [0.5, 0.6) is 0 Å². The molecule has 2 saturated heterocycles. The minimum atomic E-state index is 0.0134. The highest BCUT2D eigenvalue weighted by Gasteiger charge is 2.35. The zero-order valence-corrected chi connectivity index (χ0v) is 9.47. The lowest BCUT2D eigenvalue weighted by atomic mass is 10.2. The van der Waals surface area contributed by atoms with Gasteiger partial charge in [-0.1, -0.05) is 0 Å². The van der Waals surface area contributed by atoms with E-state index in [4.69, 9.17) is 15.9 Å². The Bertz CT molecular complexity index is 437. The Kier molecular flexibility index (Phi) is 2.44. The molecule has 2 atom stereocenters. The molecular formula is C11H15N5O. The molecule has 90 valence electrons. The maximum Gasteiger partial charge on any atom is 0.143 e. The second kappa shape index (κ2) is 3.96. The molecule has 3 heterocycles. The van der Waals surface area contributed by atoms with Crippen molar-refractivity contribution in [3.63, 3.8) is 0 Å². The van der Waals surface area contributed by atoms with Gasteiger partial charge < -0.3 is 15.4 Å². The molecule has 0 saturated carbocycles. The molecule has 0 aromatic carbocycles. The van der Waals surface area contributed by atoms with Crippen molar-refractivity contribution < 1.29 is 4.74 Å². The van der Waals surface area contributed by atoms with E-state index in [0.29, 0.717) is 17.8 Å². The Morgan fingerprint density at radius 3 is 2.76 bits per heavy atom. The second-order valence-corrected chi connectivity index (χ2v) is 4.54. The van der Waals surface area contributed by atoms with Gasteiger partial charge in [0.1, 0.15) is 18.0 Å². The normalized spacial score (nSPS) is 27.2. The summed E-state index contributed by atoms with van der Waals surface area (Å²) in [6.45, 7) is 1.65. The number of amidine groups is 1. The zero-order chi connectivity index (χ0) is 11.8. The van der Waals surface area contributed by atoms with Crippen LogP contribution in [0.25, 0.3) is 0 Å². The predicted molar refractivity (Wildman–Crippen MR) is 63.2 cm³/mol. The molecule has 6 nitrogen and oxygen atoms in total. The van der Waals surface area contributed by atoms with Gasteiger partial charge in [-0.05, 0) is 12.8 Å². The van der Waals surface area contributed by atoms with Gasteiger partial charge >= 0.3 is 0 Å². The molecule has 2 aliphatic heterocycles. The van der Waals surface area contributed by atoms with E-state index < -0.39 is 0 Å². The van der Waals surface area contributed by atoms with Gasteiger partial charge in [0.15, 0.2) is 0 Å². The topological polar surface area (TPSA) is 88.1 Å². The lowest BCUT2D eigenvalue weighted by Crippen LogP contribution is -2.43. The first-order chi connectivity index (χ1) is 8.24. The summed E-state index contributed by atoms with van der Waals surface area (Å²) < 4.78 is 5.78. The van der Waals surface area contributed by atoms with E-state index >= 15 is 0 Å². The fraction of sp³-hybridized carbons (Fsp3) is 0.545. The lowest BCUT2D eigenvalue weighted by molar-refractivity contribution is 0.0302. The number of fused-ring (bicyclic) bond motifs is 2. The number of nitrogens with zero attached hydrogens (tertiary/aromatic N) is 3. The quantitative estimate of drug-likeness (QED) is 0.560. The number of nitrogen functional groups attached to an aromatic ring is 1. The molecule has 2 aliphatic rings. The summed E-state index contributed by atoms with van der Waals surface area (Å²) in [5.74, 6) is 0.770. The molecule has 2 bridgehead atoms. The molecule has 1 aromatic rings. The number of aromatic nitrogens is 2. The number of hydrogen-bond donors (Lipinski definition) is 2. The number of morpholine rings is 1. The number of ether oxygens (including phenoxy) is 1. The molecular weight excluding hydrogens is 218 g/mol. The molecule has 3 rings (SSSR count). The molecule has 0 spiro atoms. The van der Waals surface area contributed by atoms with Crippen molar-refractivity contribution in [1.82, 2.24) is 9.97 Å². The van der Waals surface area contributed by atoms with Gasteiger partial charge in [-0.2, -0.15) is 0 Å². The van der Waals surface area contributed by atoms with Crippen LogP contribution in [0.2, 0.25) is 0 Å². The summed E-state index contributed by atoms with van der Waals surface area (Å²) in [4.78, 5) is 10.3. The highest BCUT2D eigenvalue weighted by Crippen LogP contribution is 2.29. The monoisotopic (exact) mass is 233 g/mol. The van der Waals surface area contributed by atoms with E-state index in [9.17, 15) is 0 Å². The van der Waals surface area contributed by atoms with Gasteiger partial charge in [-0.3, -0.25) is 5.41 Å². The van der Waals surface area contributed by atoms with E-state index in [0.717, 1.165) is 31.7 Å². The van der Waals surface area contributed by atoms with Gasteiger partial charge in [-0.15, -0.1) is 0 Å². The van der Waals surface area contributed by atoms with Crippen molar-refractivity contribution in [3.8, 4) is 0 Å². The third-order valence-electron chi connectivity index (χ3n) is 3.32. The number of rotatable bonds is 2. The highest BCUT2D eigenvalue weighted by molar-refractivity contribution is 5.99. The largest absolute Gasteiger partial charge is 0.384 e. The van der Waals surface area contributed by atoms with E-state index in [1.165, 1.54) is 6.33 Å². The number of nitrogens with one attached hydrogen (secondary N) is 1. The van der Waals surface area contributed by atoms with Crippen LogP contribution >= 0.6 is 0 Å². The third kappa shape index (κ3) is 1.84. The SMILES string of the molecule is N=C(N)c1cncnc1N1CC2CCC(C1)O2.